The molecule has 1 aromatic rings. The minimum absolute atomic E-state index is 0.231. The minimum atomic E-state index is -0.303. The van der Waals surface area contributed by atoms with Crippen LogP contribution in [0.5, 0.6) is 12.0 Å². The van der Waals surface area contributed by atoms with Crippen LogP contribution in [0.25, 0.3) is 0 Å². The highest BCUT2D eigenvalue weighted by Crippen LogP contribution is 2.31. The number of hydrogen-bond acceptors (Lipinski definition) is 10. The van der Waals surface area contributed by atoms with Crippen molar-refractivity contribution < 1.29 is 9.47 Å². The molecule has 3 heterocycles. The van der Waals surface area contributed by atoms with Crippen molar-refractivity contribution in [2.75, 3.05) is 25.1 Å². The molecule has 0 aliphatic carbocycles. The van der Waals surface area contributed by atoms with Gasteiger partial charge >= 0.3 is 12.0 Å². The number of nitrogens with one attached hydrogen (secondary N) is 1. The van der Waals surface area contributed by atoms with Crippen LogP contribution in [0.1, 0.15) is 40.0 Å². The van der Waals surface area contributed by atoms with Gasteiger partial charge in [0, 0.05) is 19.4 Å². The zero-order valence-electron chi connectivity index (χ0n) is 14.2. The fraction of sp³-hybridized carbons (Fsp3) is 0.786. The van der Waals surface area contributed by atoms with Crippen molar-refractivity contribution in [3.8, 4) is 12.0 Å². The molecule has 130 valence electrons. The molecule has 0 aromatic carbocycles. The predicted molar refractivity (Wildman–Crippen MR) is 85.4 cm³/mol. The number of aromatic nitrogens is 3. The summed E-state index contributed by atoms with van der Waals surface area (Å²) in [6.07, 6.45) is 2.34. The molecule has 0 saturated carbocycles. The first-order valence-corrected chi connectivity index (χ1v) is 8.14. The third-order valence-corrected chi connectivity index (χ3v) is 3.62. The number of ether oxygens (including phenoxy) is 2. The third kappa shape index (κ3) is 4.80. The highest BCUT2D eigenvalue weighted by molar-refractivity contribution is 5.27. The first kappa shape index (κ1) is 16.5. The highest BCUT2D eigenvalue weighted by atomic mass is 16.5. The topological polar surface area (TPSA) is 119 Å². The molecule has 10 heteroatoms. The highest BCUT2D eigenvalue weighted by Gasteiger charge is 2.34. The van der Waals surface area contributed by atoms with Gasteiger partial charge in [-0.25, -0.2) is 0 Å². The van der Waals surface area contributed by atoms with Crippen LogP contribution in [0.15, 0.2) is 20.5 Å². The van der Waals surface area contributed by atoms with E-state index in [-0.39, 0.29) is 23.3 Å². The lowest BCUT2D eigenvalue weighted by Gasteiger charge is -2.11. The van der Waals surface area contributed by atoms with Crippen LogP contribution in [0.3, 0.4) is 0 Å². The average Bonchev–Trinajstić information content (AvgIpc) is 3.46. The molecule has 0 radical (unpaired) electrons. The maximum atomic E-state index is 5.60. The second kappa shape index (κ2) is 6.62. The predicted octanol–water partition coefficient (Wildman–Crippen LogP) is 2.60. The SMILES string of the molecule is CCCNc1nc(OCCC2(C)N=N2)nc(OCCC2(C)N=N2)n1. The molecule has 2 aliphatic rings. The van der Waals surface area contributed by atoms with Crippen LogP contribution in [-0.2, 0) is 0 Å². The van der Waals surface area contributed by atoms with E-state index in [9.17, 15) is 0 Å². The van der Waals surface area contributed by atoms with Crippen LogP contribution < -0.4 is 14.8 Å². The molecule has 0 bridgehead atoms. The quantitative estimate of drug-likeness (QED) is 0.664. The Labute approximate surface area is 140 Å². The fourth-order valence-electron chi connectivity index (χ4n) is 1.83. The van der Waals surface area contributed by atoms with Crippen LogP contribution in [0, 0.1) is 0 Å². The first-order chi connectivity index (χ1) is 11.5. The zero-order valence-corrected chi connectivity index (χ0v) is 14.2. The molecule has 0 saturated heterocycles. The van der Waals surface area contributed by atoms with E-state index in [1.54, 1.807) is 0 Å². The summed E-state index contributed by atoms with van der Waals surface area (Å²) in [5, 5.41) is 18.9. The van der Waals surface area contributed by atoms with Gasteiger partial charge in [-0.1, -0.05) is 6.92 Å². The van der Waals surface area contributed by atoms with Crippen molar-refractivity contribution in [3.63, 3.8) is 0 Å². The van der Waals surface area contributed by atoms with E-state index in [0.29, 0.717) is 32.0 Å². The second-order valence-electron chi connectivity index (χ2n) is 6.18. The van der Waals surface area contributed by atoms with Gasteiger partial charge in [0.25, 0.3) is 0 Å². The molecule has 24 heavy (non-hydrogen) atoms. The lowest BCUT2D eigenvalue weighted by Crippen LogP contribution is -2.15. The maximum Gasteiger partial charge on any atom is 0.324 e. The molecular weight excluding hydrogens is 312 g/mol. The number of rotatable bonds is 11. The molecule has 1 aromatic heterocycles. The summed E-state index contributed by atoms with van der Waals surface area (Å²) in [6, 6.07) is 0.463. The van der Waals surface area contributed by atoms with Gasteiger partial charge in [0.15, 0.2) is 11.3 Å². The zero-order chi connectivity index (χ0) is 17.0. The number of hydrogen-bond donors (Lipinski definition) is 1. The Hall–Kier alpha value is -2.39. The van der Waals surface area contributed by atoms with Crippen molar-refractivity contribution in [1.82, 2.24) is 15.0 Å². The molecule has 3 rings (SSSR count). The van der Waals surface area contributed by atoms with Crippen LogP contribution in [-0.4, -0.2) is 46.0 Å². The van der Waals surface area contributed by atoms with E-state index in [1.165, 1.54) is 0 Å². The van der Waals surface area contributed by atoms with Crippen molar-refractivity contribution in [3.05, 3.63) is 0 Å². The number of nitrogens with zero attached hydrogens (tertiary/aromatic N) is 7. The number of anilines is 1. The Kier molecular flexibility index (Phi) is 4.54. The summed E-state index contributed by atoms with van der Waals surface area (Å²) in [6.45, 7) is 7.57. The average molecular weight is 334 g/mol. The lowest BCUT2D eigenvalue weighted by atomic mass is 10.2. The van der Waals surface area contributed by atoms with E-state index in [4.69, 9.17) is 9.47 Å². The van der Waals surface area contributed by atoms with Gasteiger partial charge in [-0.15, -0.1) is 4.98 Å². The van der Waals surface area contributed by atoms with Crippen molar-refractivity contribution >= 4 is 5.95 Å². The van der Waals surface area contributed by atoms with Gasteiger partial charge in [0.2, 0.25) is 5.95 Å². The van der Waals surface area contributed by atoms with Gasteiger partial charge in [0.1, 0.15) is 0 Å². The Morgan fingerprint density at radius 2 is 1.33 bits per heavy atom. The lowest BCUT2D eigenvalue weighted by molar-refractivity contribution is 0.244. The second-order valence-corrected chi connectivity index (χ2v) is 6.18. The maximum absolute atomic E-state index is 5.60. The van der Waals surface area contributed by atoms with Gasteiger partial charge in [-0.3, -0.25) is 0 Å². The first-order valence-electron chi connectivity index (χ1n) is 8.14. The van der Waals surface area contributed by atoms with E-state index < -0.39 is 0 Å². The summed E-state index contributed by atoms with van der Waals surface area (Å²) in [5.41, 5.74) is -0.606. The van der Waals surface area contributed by atoms with Crippen molar-refractivity contribution in [2.45, 2.75) is 51.4 Å². The molecule has 0 spiro atoms. The summed E-state index contributed by atoms with van der Waals surface area (Å²) < 4.78 is 11.2. The Bertz CT molecular complexity index is 587. The van der Waals surface area contributed by atoms with Crippen LogP contribution in [0.4, 0.5) is 5.95 Å². The van der Waals surface area contributed by atoms with Crippen LogP contribution >= 0.6 is 0 Å². The fourth-order valence-corrected chi connectivity index (χ4v) is 1.83. The van der Waals surface area contributed by atoms with E-state index in [2.05, 4.69) is 47.6 Å². The van der Waals surface area contributed by atoms with Gasteiger partial charge < -0.3 is 14.8 Å². The molecule has 10 nitrogen and oxygen atoms in total. The Morgan fingerprint density at radius 1 is 0.833 bits per heavy atom. The summed E-state index contributed by atoms with van der Waals surface area (Å²) in [5.74, 6) is 0.441. The standard InChI is InChI=1S/C14H22N8O2/c1-4-7-15-10-16-11(23-8-5-13(2)19-20-13)18-12(17-10)24-9-6-14(3)21-22-14/h4-9H2,1-3H3,(H,15,16,17,18). The molecule has 0 amide bonds. The molecule has 2 aliphatic heterocycles. The molecular formula is C14H22N8O2. The van der Waals surface area contributed by atoms with Gasteiger partial charge in [-0.05, 0) is 20.3 Å². The summed E-state index contributed by atoms with van der Waals surface area (Å²) in [4.78, 5) is 12.7. The summed E-state index contributed by atoms with van der Waals surface area (Å²) in [7, 11) is 0. The molecule has 0 fully saturated rings. The molecule has 0 unspecified atom stereocenters. The smallest absolute Gasteiger partial charge is 0.324 e. The van der Waals surface area contributed by atoms with Gasteiger partial charge in [0.05, 0.1) is 13.2 Å². The normalized spacial score (nSPS) is 18.3. The van der Waals surface area contributed by atoms with Crippen LogP contribution in [0.2, 0.25) is 0 Å². The van der Waals surface area contributed by atoms with E-state index in [1.807, 2.05) is 13.8 Å². The molecule has 0 atom stereocenters. The van der Waals surface area contributed by atoms with Crippen molar-refractivity contribution in [1.29, 1.82) is 0 Å². The largest absolute Gasteiger partial charge is 0.463 e. The van der Waals surface area contributed by atoms with Crippen molar-refractivity contribution in [2.24, 2.45) is 20.5 Å². The minimum Gasteiger partial charge on any atom is -0.463 e. The summed E-state index contributed by atoms with van der Waals surface area (Å²) >= 11 is 0. The van der Waals surface area contributed by atoms with Gasteiger partial charge in [-0.2, -0.15) is 30.4 Å². The molecule has 1 N–H and O–H groups in total. The Morgan fingerprint density at radius 3 is 1.75 bits per heavy atom. The Balaban J connectivity index is 1.56. The third-order valence-electron chi connectivity index (χ3n) is 3.62. The van der Waals surface area contributed by atoms with E-state index >= 15 is 0 Å². The monoisotopic (exact) mass is 334 g/mol. The van der Waals surface area contributed by atoms with E-state index in [0.717, 1.165) is 13.0 Å².